The molecule has 1 N–H and O–H groups in total. The van der Waals surface area contributed by atoms with Crippen LogP contribution in [0.4, 0.5) is 11.4 Å². The second-order valence-corrected chi connectivity index (χ2v) is 7.85. The molecule has 0 bridgehead atoms. The van der Waals surface area contributed by atoms with Crippen molar-refractivity contribution < 1.29 is 14.3 Å². The Morgan fingerprint density at radius 1 is 0.844 bits per heavy atom. The van der Waals surface area contributed by atoms with E-state index in [1.165, 1.54) is 4.90 Å². The summed E-state index contributed by atoms with van der Waals surface area (Å²) in [5.41, 5.74) is 5.45. The fourth-order valence-electron chi connectivity index (χ4n) is 4.01. The highest BCUT2D eigenvalue weighted by Crippen LogP contribution is 2.37. The van der Waals surface area contributed by atoms with Crippen molar-refractivity contribution in [2.45, 2.75) is 27.7 Å². The molecular formula is C27H26N2O3. The first-order valence-electron chi connectivity index (χ1n) is 10.7. The number of carbonyl (C=O) groups excluding carboxylic acids is 2. The molecule has 0 radical (unpaired) electrons. The van der Waals surface area contributed by atoms with Gasteiger partial charge in [-0.1, -0.05) is 54.1 Å². The molecule has 1 heterocycles. The van der Waals surface area contributed by atoms with Gasteiger partial charge in [-0.15, -0.1) is 0 Å². The third-order valence-electron chi connectivity index (χ3n) is 5.54. The van der Waals surface area contributed by atoms with Crippen molar-refractivity contribution in [2.75, 3.05) is 16.8 Å². The van der Waals surface area contributed by atoms with E-state index < -0.39 is 0 Å². The summed E-state index contributed by atoms with van der Waals surface area (Å²) in [6.45, 7) is 8.24. The summed E-state index contributed by atoms with van der Waals surface area (Å²) in [5, 5.41) is 3.23. The molecule has 0 aliphatic carbocycles. The van der Waals surface area contributed by atoms with E-state index in [4.69, 9.17) is 4.74 Å². The predicted molar refractivity (Wildman–Crippen MR) is 128 cm³/mol. The fraction of sp³-hybridized carbons (Fsp3) is 0.185. The normalized spacial score (nSPS) is 13.7. The molecule has 1 aliphatic rings. The molecule has 0 spiro atoms. The lowest BCUT2D eigenvalue weighted by atomic mass is 9.97. The van der Waals surface area contributed by atoms with Crippen LogP contribution in [0.25, 0.3) is 5.57 Å². The minimum Gasteiger partial charge on any atom is -0.492 e. The number of benzene rings is 3. The number of nitrogens with zero attached hydrogens (tertiary/aromatic N) is 1. The largest absolute Gasteiger partial charge is 0.492 e. The Morgan fingerprint density at radius 3 is 2.28 bits per heavy atom. The first-order valence-corrected chi connectivity index (χ1v) is 10.7. The number of nitrogens with one attached hydrogen (secondary N) is 1. The SMILES string of the molecule is CCOc1ccccc1NC1=C(c2ccc(C)cc2C)C(=O)N(c2ccccc2C)C1=O. The van der Waals surface area contributed by atoms with Crippen molar-refractivity contribution in [1.29, 1.82) is 0 Å². The van der Waals surface area contributed by atoms with Crippen LogP contribution in [0.1, 0.15) is 29.2 Å². The van der Waals surface area contributed by atoms with Gasteiger partial charge in [-0.3, -0.25) is 9.59 Å². The molecule has 1 aliphatic heterocycles. The van der Waals surface area contributed by atoms with Gasteiger partial charge in [-0.25, -0.2) is 4.90 Å². The number of para-hydroxylation sites is 3. The average Bonchev–Trinajstić information content (AvgIpc) is 3.00. The molecule has 0 fully saturated rings. The molecule has 0 aromatic heterocycles. The number of hydrogen-bond acceptors (Lipinski definition) is 4. The average molecular weight is 427 g/mol. The van der Waals surface area contributed by atoms with Crippen LogP contribution in [0.15, 0.2) is 72.4 Å². The van der Waals surface area contributed by atoms with E-state index in [1.54, 1.807) is 6.07 Å². The molecule has 0 saturated heterocycles. The monoisotopic (exact) mass is 426 g/mol. The number of imide groups is 1. The van der Waals surface area contributed by atoms with Crippen molar-refractivity contribution in [3.05, 3.63) is 94.7 Å². The van der Waals surface area contributed by atoms with Gasteiger partial charge in [0.25, 0.3) is 11.8 Å². The summed E-state index contributed by atoms with van der Waals surface area (Å²) >= 11 is 0. The molecule has 5 heteroatoms. The zero-order chi connectivity index (χ0) is 22.8. The Kier molecular flexibility index (Phi) is 5.82. The van der Waals surface area contributed by atoms with Crippen LogP contribution in [0, 0.1) is 20.8 Å². The highest BCUT2D eigenvalue weighted by molar-refractivity contribution is 6.46. The third kappa shape index (κ3) is 3.78. The summed E-state index contributed by atoms with van der Waals surface area (Å²) in [7, 11) is 0. The minimum absolute atomic E-state index is 0.248. The lowest BCUT2D eigenvalue weighted by molar-refractivity contribution is -0.120. The Hall–Kier alpha value is -3.86. The molecule has 32 heavy (non-hydrogen) atoms. The summed E-state index contributed by atoms with van der Waals surface area (Å²) in [4.78, 5) is 28.6. The maximum atomic E-state index is 13.7. The Balaban J connectivity index is 1.88. The number of anilines is 2. The Morgan fingerprint density at radius 2 is 1.56 bits per heavy atom. The van der Waals surface area contributed by atoms with Gasteiger partial charge >= 0.3 is 0 Å². The molecule has 162 valence electrons. The Labute approximate surface area is 188 Å². The molecular weight excluding hydrogens is 400 g/mol. The van der Waals surface area contributed by atoms with E-state index in [2.05, 4.69) is 5.32 Å². The maximum absolute atomic E-state index is 13.7. The van der Waals surface area contributed by atoms with E-state index in [0.717, 1.165) is 22.3 Å². The maximum Gasteiger partial charge on any atom is 0.282 e. The van der Waals surface area contributed by atoms with E-state index in [0.29, 0.717) is 29.3 Å². The van der Waals surface area contributed by atoms with Crippen molar-refractivity contribution in [3.8, 4) is 5.75 Å². The second kappa shape index (κ2) is 8.71. The van der Waals surface area contributed by atoms with Gasteiger partial charge in [-0.2, -0.15) is 0 Å². The summed E-state index contributed by atoms with van der Waals surface area (Å²) in [6.07, 6.45) is 0. The lowest BCUT2D eigenvalue weighted by Gasteiger charge is -2.18. The number of amides is 2. The first-order chi connectivity index (χ1) is 15.4. The number of rotatable bonds is 6. The molecule has 4 rings (SSSR count). The standard InChI is InChI=1S/C27H26N2O3/c1-5-32-23-13-9-7-11-21(23)28-25-24(20-15-14-17(2)16-19(20)4)26(30)29(27(25)31)22-12-8-6-10-18(22)3/h6-16,28H,5H2,1-4H3. The molecule has 2 amide bonds. The molecule has 0 atom stereocenters. The van der Waals surface area contributed by atoms with Crippen LogP contribution >= 0.6 is 0 Å². The minimum atomic E-state index is -0.384. The first kappa shape index (κ1) is 21.4. The van der Waals surface area contributed by atoms with Crippen molar-refractivity contribution in [1.82, 2.24) is 0 Å². The lowest BCUT2D eigenvalue weighted by Crippen LogP contribution is -2.33. The third-order valence-corrected chi connectivity index (χ3v) is 5.54. The van der Waals surface area contributed by atoms with Gasteiger partial charge in [0.05, 0.1) is 23.6 Å². The fourth-order valence-corrected chi connectivity index (χ4v) is 4.01. The van der Waals surface area contributed by atoms with Crippen LogP contribution in [0.5, 0.6) is 5.75 Å². The number of ether oxygens (including phenoxy) is 1. The second-order valence-electron chi connectivity index (χ2n) is 7.85. The Bertz CT molecular complexity index is 1240. The zero-order valence-electron chi connectivity index (χ0n) is 18.7. The topological polar surface area (TPSA) is 58.6 Å². The van der Waals surface area contributed by atoms with E-state index in [9.17, 15) is 9.59 Å². The number of hydrogen-bond donors (Lipinski definition) is 1. The van der Waals surface area contributed by atoms with Gasteiger partial charge in [0.15, 0.2) is 0 Å². The molecule has 3 aromatic carbocycles. The highest BCUT2D eigenvalue weighted by atomic mass is 16.5. The highest BCUT2D eigenvalue weighted by Gasteiger charge is 2.41. The van der Waals surface area contributed by atoms with Crippen molar-refractivity contribution in [3.63, 3.8) is 0 Å². The molecule has 0 unspecified atom stereocenters. The number of carbonyl (C=O) groups is 2. The zero-order valence-corrected chi connectivity index (χ0v) is 18.7. The molecule has 3 aromatic rings. The molecule has 5 nitrogen and oxygen atoms in total. The van der Waals surface area contributed by atoms with Gasteiger partial charge in [0.2, 0.25) is 0 Å². The van der Waals surface area contributed by atoms with Crippen LogP contribution < -0.4 is 15.0 Å². The number of aryl methyl sites for hydroxylation is 3. The van der Waals surface area contributed by atoms with Gasteiger partial charge in [-0.05, 0) is 62.6 Å². The van der Waals surface area contributed by atoms with Gasteiger partial charge in [0, 0.05) is 0 Å². The summed E-state index contributed by atoms with van der Waals surface area (Å²) in [5.74, 6) is -0.102. The van der Waals surface area contributed by atoms with Crippen molar-refractivity contribution >= 4 is 28.8 Å². The summed E-state index contributed by atoms with van der Waals surface area (Å²) in [6, 6.07) is 20.7. The van der Waals surface area contributed by atoms with Crippen LogP contribution in [-0.2, 0) is 9.59 Å². The van der Waals surface area contributed by atoms with Crippen LogP contribution in [-0.4, -0.2) is 18.4 Å². The van der Waals surface area contributed by atoms with E-state index in [-0.39, 0.29) is 17.5 Å². The smallest absolute Gasteiger partial charge is 0.282 e. The van der Waals surface area contributed by atoms with E-state index in [1.807, 2.05) is 88.4 Å². The molecule has 0 saturated carbocycles. The van der Waals surface area contributed by atoms with Gasteiger partial charge < -0.3 is 10.1 Å². The van der Waals surface area contributed by atoms with Crippen LogP contribution in [0.3, 0.4) is 0 Å². The quantitative estimate of drug-likeness (QED) is 0.536. The predicted octanol–water partition coefficient (Wildman–Crippen LogP) is 5.41. The van der Waals surface area contributed by atoms with Crippen LogP contribution in [0.2, 0.25) is 0 Å². The van der Waals surface area contributed by atoms with Gasteiger partial charge in [0.1, 0.15) is 11.4 Å². The summed E-state index contributed by atoms with van der Waals surface area (Å²) < 4.78 is 5.73. The van der Waals surface area contributed by atoms with Crippen molar-refractivity contribution in [2.24, 2.45) is 0 Å². The van der Waals surface area contributed by atoms with E-state index >= 15 is 0 Å².